The highest BCUT2D eigenvalue weighted by molar-refractivity contribution is 7.17. The second kappa shape index (κ2) is 5.46. The maximum Gasteiger partial charge on any atom is 0.257 e. The van der Waals surface area contributed by atoms with Crippen molar-refractivity contribution in [1.29, 1.82) is 0 Å². The van der Waals surface area contributed by atoms with Crippen molar-refractivity contribution in [1.82, 2.24) is 14.8 Å². The number of carbonyl (C=O) groups is 1. The predicted octanol–water partition coefficient (Wildman–Crippen LogP) is 2.05. The number of amides is 1. The molecule has 0 radical (unpaired) electrons. The Labute approximate surface area is 138 Å². The Kier molecular flexibility index (Phi) is 3.54. The Bertz CT molecular complexity index is 801. The van der Waals surface area contributed by atoms with Crippen LogP contribution in [0, 0.1) is 0 Å². The number of nitrogens with zero attached hydrogens (tertiary/aromatic N) is 2. The van der Waals surface area contributed by atoms with Gasteiger partial charge < -0.3 is 14.8 Å². The van der Waals surface area contributed by atoms with Crippen LogP contribution in [0.25, 0.3) is 10.2 Å². The minimum atomic E-state index is -0.206. The Morgan fingerprint density at radius 2 is 2.00 bits per heavy atom. The van der Waals surface area contributed by atoms with Gasteiger partial charge in [-0.25, -0.2) is 0 Å². The molecule has 2 aromatic heterocycles. The lowest BCUT2D eigenvalue weighted by Crippen LogP contribution is -2.61. The van der Waals surface area contributed by atoms with E-state index in [0.29, 0.717) is 4.70 Å². The number of pyridine rings is 1. The van der Waals surface area contributed by atoms with E-state index >= 15 is 0 Å². The van der Waals surface area contributed by atoms with Gasteiger partial charge in [0.2, 0.25) is 5.43 Å². The van der Waals surface area contributed by atoms with Crippen molar-refractivity contribution in [3.63, 3.8) is 0 Å². The van der Waals surface area contributed by atoms with E-state index in [9.17, 15) is 9.59 Å². The first kappa shape index (κ1) is 14.9. The van der Waals surface area contributed by atoms with Crippen molar-refractivity contribution in [2.24, 2.45) is 0 Å². The van der Waals surface area contributed by atoms with Crippen molar-refractivity contribution < 1.29 is 4.79 Å². The minimum Gasteiger partial charge on any atom is -0.346 e. The second-order valence-electron chi connectivity index (χ2n) is 6.62. The molecule has 2 bridgehead atoms. The third-order valence-corrected chi connectivity index (χ3v) is 6.28. The third-order valence-electron chi connectivity index (χ3n) is 5.37. The normalized spacial score (nSPS) is 26.6. The monoisotopic (exact) mass is 331 g/mol. The topological polar surface area (TPSA) is 54.3 Å². The second-order valence-corrected chi connectivity index (χ2v) is 7.54. The van der Waals surface area contributed by atoms with Gasteiger partial charge in [-0.15, -0.1) is 11.3 Å². The zero-order chi connectivity index (χ0) is 16.0. The molecule has 1 N–H and O–H groups in total. The molecule has 5 heterocycles. The lowest BCUT2D eigenvalue weighted by molar-refractivity contribution is 0.0515. The standard InChI is InChI=1S/C17H21N3O2S/c1-2-20-11-12(14(21)15-13(20)3-10-23-15)16(22)18-17-4-7-19(8-5-17)9-6-17/h3,10-11H,2,4-9H2,1H3,(H,18,22). The molecule has 23 heavy (non-hydrogen) atoms. The van der Waals surface area contributed by atoms with E-state index in [1.165, 1.54) is 11.3 Å². The highest BCUT2D eigenvalue weighted by Gasteiger charge is 2.40. The summed E-state index contributed by atoms with van der Waals surface area (Å²) in [6.45, 7) is 5.91. The van der Waals surface area contributed by atoms with Gasteiger partial charge in [-0.1, -0.05) is 0 Å². The molecular weight excluding hydrogens is 310 g/mol. The maximum absolute atomic E-state index is 12.8. The molecule has 1 amide bonds. The molecule has 0 aliphatic carbocycles. The SMILES string of the molecule is CCn1cc(C(=O)NC23CCN(CC2)CC3)c(=O)c2sccc21. The van der Waals surface area contributed by atoms with Crippen LogP contribution in [-0.4, -0.2) is 40.5 Å². The lowest BCUT2D eigenvalue weighted by Gasteiger charge is -2.48. The fourth-order valence-corrected chi connectivity index (χ4v) is 4.71. The van der Waals surface area contributed by atoms with E-state index in [0.717, 1.165) is 51.0 Å². The summed E-state index contributed by atoms with van der Waals surface area (Å²) in [5.41, 5.74) is 0.953. The number of hydrogen-bond donors (Lipinski definition) is 1. The number of fused-ring (bicyclic) bond motifs is 4. The summed E-state index contributed by atoms with van der Waals surface area (Å²) in [4.78, 5) is 27.9. The van der Waals surface area contributed by atoms with Gasteiger partial charge in [0.15, 0.2) is 0 Å². The third kappa shape index (κ3) is 2.40. The Hall–Kier alpha value is -1.66. The summed E-state index contributed by atoms with van der Waals surface area (Å²) >= 11 is 1.41. The first-order valence-corrected chi connectivity index (χ1v) is 9.15. The average Bonchev–Trinajstić information content (AvgIpc) is 3.07. The molecule has 0 spiro atoms. The quantitative estimate of drug-likeness (QED) is 0.936. The first-order chi connectivity index (χ1) is 11.1. The number of piperidine rings is 3. The first-order valence-electron chi connectivity index (χ1n) is 8.27. The summed E-state index contributed by atoms with van der Waals surface area (Å²) in [5, 5.41) is 5.12. The molecule has 122 valence electrons. The van der Waals surface area contributed by atoms with E-state index in [1.807, 2.05) is 22.9 Å². The van der Waals surface area contributed by atoms with Crippen molar-refractivity contribution >= 4 is 27.5 Å². The van der Waals surface area contributed by atoms with E-state index in [4.69, 9.17) is 0 Å². The Morgan fingerprint density at radius 3 is 2.65 bits per heavy atom. The molecule has 3 fully saturated rings. The van der Waals surface area contributed by atoms with Gasteiger partial charge in [-0.2, -0.15) is 0 Å². The van der Waals surface area contributed by atoms with Crippen molar-refractivity contribution in [2.75, 3.05) is 19.6 Å². The van der Waals surface area contributed by atoms with Gasteiger partial charge in [-0.05, 0) is 37.6 Å². The van der Waals surface area contributed by atoms with Crippen LogP contribution in [0.4, 0.5) is 0 Å². The van der Waals surface area contributed by atoms with Gasteiger partial charge in [0, 0.05) is 37.9 Å². The van der Waals surface area contributed by atoms with Crippen LogP contribution in [0.5, 0.6) is 0 Å². The zero-order valence-corrected chi connectivity index (χ0v) is 14.1. The zero-order valence-electron chi connectivity index (χ0n) is 13.3. The van der Waals surface area contributed by atoms with Gasteiger partial charge in [0.05, 0.1) is 10.2 Å². The number of thiophene rings is 1. The molecule has 3 saturated heterocycles. The van der Waals surface area contributed by atoms with E-state index in [-0.39, 0.29) is 22.4 Å². The van der Waals surface area contributed by atoms with Gasteiger partial charge in [0.1, 0.15) is 5.56 Å². The van der Waals surface area contributed by atoms with E-state index in [1.54, 1.807) is 6.20 Å². The summed E-state index contributed by atoms with van der Waals surface area (Å²) in [6, 6.07) is 1.95. The summed E-state index contributed by atoms with van der Waals surface area (Å²) in [6.07, 6.45) is 4.69. The molecule has 0 aromatic carbocycles. The van der Waals surface area contributed by atoms with Gasteiger partial charge in [-0.3, -0.25) is 9.59 Å². The van der Waals surface area contributed by atoms with Gasteiger partial charge in [0.25, 0.3) is 5.91 Å². The van der Waals surface area contributed by atoms with Crippen LogP contribution in [0.3, 0.4) is 0 Å². The van der Waals surface area contributed by atoms with Crippen molar-refractivity contribution in [3.05, 3.63) is 33.4 Å². The van der Waals surface area contributed by atoms with Crippen LogP contribution in [0.2, 0.25) is 0 Å². The van der Waals surface area contributed by atoms with Crippen LogP contribution < -0.4 is 10.7 Å². The molecular formula is C17H21N3O2S. The number of aryl methyl sites for hydroxylation is 1. The highest BCUT2D eigenvalue weighted by Crippen LogP contribution is 2.32. The van der Waals surface area contributed by atoms with E-state index in [2.05, 4.69) is 10.2 Å². The summed E-state index contributed by atoms with van der Waals surface area (Å²) < 4.78 is 2.67. The average molecular weight is 331 g/mol. The number of carbonyl (C=O) groups excluding carboxylic acids is 1. The van der Waals surface area contributed by atoms with Crippen LogP contribution in [0.1, 0.15) is 36.5 Å². The Balaban J connectivity index is 1.69. The molecule has 0 atom stereocenters. The van der Waals surface area contributed by atoms with Crippen LogP contribution in [-0.2, 0) is 6.54 Å². The Morgan fingerprint density at radius 1 is 1.30 bits per heavy atom. The van der Waals surface area contributed by atoms with E-state index < -0.39 is 0 Å². The molecule has 5 nitrogen and oxygen atoms in total. The molecule has 0 unspecified atom stereocenters. The molecule has 2 aromatic rings. The molecule has 5 rings (SSSR count). The summed E-state index contributed by atoms with van der Waals surface area (Å²) in [7, 11) is 0. The number of rotatable bonds is 3. The molecule has 6 heteroatoms. The number of hydrogen-bond acceptors (Lipinski definition) is 4. The van der Waals surface area contributed by atoms with Crippen LogP contribution in [0.15, 0.2) is 22.4 Å². The van der Waals surface area contributed by atoms with Gasteiger partial charge >= 0.3 is 0 Å². The smallest absolute Gasteiger partial charge is 0.257 e. The van der Waals surface area contributed by atoms with Crippen LogP contribution >= 0.6 is 11.3 Å². The predicted molar refractivity (Wildman–Crippen MR) is 92.2 cm³/mol. The van der Waals surface area contributed by atoms with Crippen molar-refractivity contribution in [3.8, 4) is 0 Å². The number of nitrogens with one attached hydrogen (secondary N) is 1. The molecule has 0 saturated carbocycles. The number of aromatic nitrogens is 1. The molecule has 3 aliphatic rings. The highest BCUT2D eigenvalue weighted by atomic mass is 32.1. The lowest BCUT2D eigenvalue weighted by atomic mass is 9.80. The fraction of sp³-hybridized carbons (Fsp3) is 0.529. The molecule has 3 aliphatic heterocycles. The van der Waals surface area contributed by atoms with Crippen molar-refractivity contribution in [2.45, 2.75) is 38.3 Å². The maximum atomic E-state index is 12.8. The minimum absolute atomic E-state index is 0.111. The summed E-state index contributed by atoms with van der Waals surface area (Å²) in [5.74, 6) is -0.206. The largest absolute Gasteiger partial charge is 0.346 e. The fourth-order valence-electron chi connectivity index (χ4n) is 3.85.